The lowest BCUT2D eigenvalue weighted by Crippen LogP contribution is -2.30. The Hall–Kier alpha value is -1.15. The lowest BCUT2D eigenvalue weighted by Gasteiger charge is -2.11. The Morgan fingerprint density at radius 1 is 1.33 bits per heavy atom. The van der Waals surface area contributed by atoms with Gasteiger partial charge in [-0.25, -0.2) is 13.1 Å². The van der Waals surface area contributed by atoms with Crippen molar-refractivity contribution >= 4 is 28.3 Å². The van der Waals surface area contributed by atoms with Gasteiger partial charge in [0.25, 0.3) is 5.91 Å². The van der Waals surface area contributed by atoms with Crippen LogP contribution in [0.3, 0.4) is 0 Å². The quantitative estimate of drug-likeness (QED) is 0.726. The normalized spacial score (nSPS) is 18.0. The Morgan fingerprint density at radius 3 is 2.52 bits per heavy atom. The number of rotatable bonds is 5. The third kappa shape index (κ3) is 4.67. The largest absolute Gasteiger partial charge is 0.355 e. The minimum atomic E-state index is -3.51. The molecule has 0 bridgehead atoms. The fourth-order valence-corrected chi connectivity index (χ4v) is 3.25. The fourth-order valence-electron chi connectivity index (χ4n) is 2.13. The second kappa shape index (κ2) is 7.74. The number of amides is 1. The first-order chi connectivity index (χ1) is 9.53. The number of benzene rings is 1. The highest BCUT2D eigenvalue weighted by molar-refractivity contribution is 7.89. The highest BCUT2D eigenvalue weighted by atomic mass is 35.5. The zero-order valence-electron chi connectivity index (χ0n) is 11.8. The molecule has 1 unspecified atom stereocenters. The predicted molar refractivity (Wildman–Crippen MR) is 83.2 cm³/mol. The molecule has 1 atom stereocenters. The van der Waals surface area contributed by atoms with Gasteiger partial charge in [0.1, 0.15) is 0 Å². The van der Waals surface area contributed by atoms with E-state index in [1.165, 1.54) is 31.3 Å². The van der Waals surface area contributed by atoms with Gasteiger partial charge in [0.15, 0.2) is 0 Å². The summed E-state index contributed by atoms with van der Waals surface area (Å²) < 4.78 is 26.8. The molecule has 2 rings (SSSR count). The molecule has 1 aliphatic heterocycles. The maximum Gasteiger partial charge on any atom is 0.251 e. The zero-order chi connectivity index (χ0) is 14.6. The van der Waals surface area contributed by atoms with Crippen molar-refractivity contribution in [1.82, 2.24) is 15.4 Å². The Labute approximate surface area is 131 Å². The SMILES string of the molecule is CNC(=O)c1ccc(S(=O)(=O)NCC2CCNC2)cc1.Cl. The molecule has 1 aliphatic rings. The van der Waals surface area contributed by atoms with Gasteiger partial charge in [-0.15, -0.1) is 12.4 Å². The minimum absolute atomic E-state index is 0. The number of carbonyl (C=O) groups is 1. The van der Waals surface area contributed by atoms with Crippen LogP contribution in [0, 0.1) is 5.92 Å². The minimum Gasteiger partial charge on any atom is -0.355 e. The summed E-state index contributed by atoms with van der Waals surface area (Å²) >= 11 is 0. The van der Waals surface area contributed by atoms with Crippen LogP contribution in [-0.2, 0) is 10.0 Å². The molecule has 118 valence electrons. The molecule has 0 aliphatic carbocycles. The van der Waals surface area contributed by atoms with Crippen molar-refractivity contribution in [3.63, 3.8) is 0 Å². The van der Waals surface area contributed by atoms with Gasteiger partial charge in [-0.2, -0.15) is 0 Å². The maximum absolute atomic E-state index is 12.1. The van der Waals surface area contributed by atoms with Crippen molar-refractivity contribution in [2.45, 2.75) is 11.3 Å². The van der Waals surface area contributed by atoms with Crippen molar-refractivity contribution < 1.29 is 13.2 Å². The number of hydrogen-bond donors (Lipinski definition) is 3. The molecule has 0 saturated carbocycles. The average molecular weight is 334 g/mol. The standard InChI is InChI=1S/C13H19N3O3S.ClH/c1-14-13(17)11-2-4-12(5-3-11)20(18,19)16-9-10-6-7-15-8-10;/h2-5,10,15-16H,6-9H2,1H3,(H,14,17);1H. The van der Waals surface area contributed by atoms with Gasteiger partial charge in [0.2, 0.25) is 10.0 Å². The number of carbonyl (C=O) groups excluding carboxylic acids is 1. The van der Waals surface area contributed by atoms with E-state index in [0.717, 1.165) is 19.5 Å². The third-order valence-electron chi connectivity index (χ3n) is 3.38. The number of hydrogen-bond acceptors (Lipinski definition) is 4. The highest BCUT2D eigenvalue weighted by Crippen LogP contribution is 2.12. The second-order valence-corrected chi connectivity index (χ2v) is 6.58. The maximum atomic E-state index is 12.1. The number of nitrogens with one attached hydrogen (secondary N) is 3. The Balaban J connectivity index is 0.00000220. The van der Waals surface area contributed by atoms with E-state index in [1.54, 1.807) is 0 Å². The van der Waals surface area contributed by atoms with E-state index >= 15 is 0 Å². The Morgan fingerprint density at radius 2 is 2.00 bits per heavy atom. The monoisotopic (exact) mass is 333 g/mol. The summed E-state index contributed by atoms with van der Waals surface area (Å²) in [6.07, 6.45) is 0.984. The van der Waals surface area contributed by atoms with Gasteiger partial charge in [-0.1, -0.05) is 0 Å². The van der Waals surface area contributed by atoms with E-state index in [1.807, 2.05) is 0 Å². The number of sulfonamides is 1. The molecule has 3 N–H and O–H groups in total. The summed E-state index contributed by atoms with van der Waals surface area (Å²) in [6.45, 7) is 2.22. The van der Waals surface area contributed by atoms with Crippen LogP contribution >= 0.6 is 12.4 Å². The van der Waals surface area contributed by atoms with Gasteiger partial charge in [0.05, 0.1) is 4.90 Å². The van der Waals surface area contributed by atoms with Gasteiger partial charge in [0, 0.05) is 19.2 Å². The van der Waals surface area contributed by atoms with Crippen LogP contribution in [0.5, 0.6) is 0 Å². The summed E-state index contributed by atoms with van der Waals surface area (Å²) in [7, 11) is -1.97. The smallest absolute Gasteiger partial charge is 0.251 e. The molecule has 1 fully saturated rings. The fraction of sp³-hybridized carbons (Fsp3) is 0.462. The van der Waals surface area contributed by atoms with E-state index in [0.29, 0.717) is 18.0 Å². The molecule has 1 aromatic rings. The number of halogens is 1. The molecule has 6 nitrogen and oxygen atoms in total. The molecule has 0 spiro atoms. The first kappa shape index (κ1) is 17.9. The summed E-state index contributed by atoms with van der Waals surface area (Å²) in [4.78, 5) is 11.6. The van der Waals surface area contributed by atoms with E-state index < -0.39 is 10.0 Å². The van der Waals surface area contributed by atoms with E-state index in [-0.39, 0.29) is 23.2 Å². The molecule has 8 heteroatoms. The summed E-state index contributed by atoms with van der Waals surface area (Å²) in [5.41, 5.74) is 0.437. The molecule has 0 aromatic heterocycles. The first-order valence-corrected chi connectivity index (χ1v) is 8.04. The lowest BCUT2D eigenvalue weighted by atomic mass is 10.1. The molecular weight excluding hydrogens is 314 g/mol. The summed E-state index contributed by atoms with van der Waals surface area (Å²) in [6, 6.07) is 5.90. The molecule has 1 heterocycles. The molecule has 0 radical (unpaired) electrons. The Bertz CT molecular complexity index is 569. The Kier molecular flexibility index (Phi) is 6.60. The molecule has 1 aromatic carbocycles. The van der Waals surface area contributed by atoms with Crippen molar-refractivity contribution in [2.75, 3.05) is 26.7 Å². The van der Waals surface area contributed by atoms with Crippen LogP contribution in [-0.4, -0.2) is 41.0 Å². The van der Waals surface area contributed by atoms with Gasteiger partial charge in [-0.3, -0.25) is 4.79 Å². The van der Waals surface area contributed by atoms with Crippen LogP contribution in [0.4, 0.5) is 0 Å². The van der Waals surface area contributed by atoms with Crippen LogP contribution in [0.15, 0.2) is 29.2 Å². The molecule has 1 amide bonds. The highest BCUT2D eigenvalue weighted by Gasteiger charge is 2.19. The second-order valence-electron chi connectivity index (χ2n) is 4.81. The zero-order valence-corrected chi connectivity index (χ0v) is 13.4. The van der Waals surface area contributed by atoms with E-state index in [4.69, 9.17) is 0 Å². The molecule has 1 saturated heterocycles. The summed E-state index contributed by atoms with van der Waals surface area (Å²) in [5.74, 6) is 0.105. The van der Waals surface area contributed by atoms with Crippen molar-refractivity contribution in [2.24, 2.45) is 5.92 Å². The van der Waals surface area contributed by atoms with Gasteiger partial charge < -0.3 is 10.6 Å². The van der Waals surface area contributed by atoms with Crippen LogP contribution in [0.25, 0.3) is 0 Å². The lowest BCUT2D eigenvalue weighted by molar-refractivity contribution is 0.0963. The van der Waals surface area contributed by atoms with Crippen molar-refractivity contribution in [1.29, 1.82) is 0 Å². The third-order valence-corrected chi connectivity index (χ3v) is 4.82. The van der Waals surface area contributed by atoms with Gasteiger partial charge in [-0.05, 0) is 49.7 Å². The van der Waals surface area contributed by atoms with E-state index in [2.05, 4.69) is 15.4 Å². The van der Waals surface area contributed by atoms with E-state index in [9.17, 15) is 13.2 Å². The van der Waals surface area contributed by atoms with Crippen molar-refractivity contribution in [3.8, 4) is 0 Å². The molecule has 21 heavy (non-hydrogen) atoms. The summed E-state index contributed by atoms with van der Waals surface area (Å²) in [5, 5.41) is 5.69. The topological polar surface area (TPSA) is 87.3 Å². The predicted octanol–water partition coefficient (Wildman–Crippen LogP) is 0.356. The average Bonchev–Trinajstić information content (AvgIpc) is 2.98. The first-order valence-electron chi connectivity index (χ1n) is 6.55. The van der Waals surface area contributed by atoms with Gasteiger partial charge >= 0.3 is 0 Å². The van der Waals surface area contributed by atoms with Crippen LogP contribution in [0.2, 0.25) is 0 Å². The van der Waals surface area contributed by atoms with Crippen LogP contribution < -0.4 is 15.4 Å². The van der Waals surface area contributed by atoms with Crippen LogP contribution in [0.1, 0.15) is 16.8 Å². The molecular formula is C13H20ClN3O3S. The van der Waals surface area contributed by atoms with Crippen molar-refractivity contribution in [3.05, 3.63) is 29.8 Å².